The molecule has 3 nitrogen and oxygen atoms in total. The molecular weight excluding hydrogens is 236 g/mol. The van der Waals surface area contributed by atoms with Gasteiger partial charge in [0.25, 0.3) is 0 Å². The van der Waals surface area contributed by atoms with E-state index in [-0.39, 0.29) is 17.4 Å². The minimum atomic E-state index is -0.343. The third-order valence-electron chi connectivity index (χ3n) is 3.22. The Morgan fingerprint density at radius 3 is 2.16 bits per heavy atom. The molecule has 0 aliphatic rings. The highest BCUT2D eigenvalue weighted by Crippen LogP contribution is 2.19. The molecule has 0 saturated carbocycles. The van der Waals surface area contributed by atoms with Crippen molar-refractivity contribution in [3.63, 3.8) is 0 Å². The van der Waals surface area contributed by atoms with Crippen LogP contribution in [0.2, 0.25) is 0 Å². The fourth-order valence-electron chi connectivity index (χ4n) is 1.84. The third kappa shape index (κ3) is 4.67. The standard InChI is InChI=1S/C16H26N2O/c1-12-7-9-13(10-8-12)14(18(5)6)11-17-15(19)16(2,3)4/h7-10,14H,11H2,1-6H3,(H,17,19). The van der Waals surface area contributed by atoms with Crippen molar-refractivity contribution in [2.75, 3.05) is 20.6 Å². The Morgan fingerprint density at radius 1 is 1.21 bits per heavy atom. The summed E-state index contributed by atoms with van der Waals surface area (Å²) in [7, 11) is 4.07. The largest absolute Gasteiger partial charge is 0.354 e. The summed E-state index contributed by atoms with van der Waals surface area (Å²) < 4.78 is 0. The highest BCUT2D eigenvalue weighted by molar-refractivity contribution is 5.81. The number of nitrogens with zero attached hydrogens (tertiary/aromatic N) is 1. The molecule has 3 heteroatoms. The van der Waals surface area contributed by atoms with Crippen LogP contribution in [0, 0.1) is 12.3 Å². The molecule has 0 radical (unpaired) electrons. The second-order valence-electron chi connectivity index (χ2n) is 6.35. The van der Waals surface area contributed by atoms with Crippen LogP contribution in [-0.4, -0.2) is 31.4 Å². The molecule has 1 amide bonds. The number of hydrogen-bond acceptors (Lipinski definition) is 2. The zero-order chi connectivity index (χ0) is 14.6. The smallest absolute Gasteiger partial charge is 0.225 e. The fourth-order valence-corrected chi connectivity index (χ4v) is 1.84. The first-order chi connectivity index (χ1) is 8.71. The predicted molar refractivity (Wildman–Crippen MR) is 80.1 cm³/mol. The minimum absolute atomic E-state index is 0.0893. The number of aryl methyl sites for hydroxylation is 1. The second-order valence-corrected chi connectivity index (χ2v) is 6.35. The number of nitrogens with one attached hydrogen (secondary N) is 1. The quantitative estimate of drug-likeness (QED) is 0.905. The van der Waals surface area contributed by atoms with Crippen molar-refractivity contribution < 1.29 is 4.79 Å². The lowest BCUT2D eigenvalue weighted by molar-refractivity contribution is -0.128. The van der Waals surface area contributed by atoms with E-state index in [0.29, 0.717) is 6.54 Å². The van der Waals surface area contributed by atoms with Gasteiger partial charge < -0.3 is 10.2 Å². The predicted octanol–water partition coefficient (Wildman–Crippen LogP) is 2.76. The summed E-state index contributed by atoms with van der Waals surface area (Å²) in [6.45, 7) is 8.50. The van der Waals surface area contributed by atoms with Crippen molar-refractivity contribution in [1.29, 1.82) is 0 Å². The van der Waals surface area contributed by atoms with Gasteiger partial charge in [0.2, 0.25) is 5.91 Å². The maximum atomic E-state index is 11.9. The summed E-state index contributed by atoms with van der Waals surface area (Å²) in [5.41, 5.74) is 2.13. The molecule has 0 spiro atoms. The minimum Gasteiger partial charge on any atom is -0.354 e. The Balaban J connectivity index is 2.75. The van der Waals surface area contributed by atoms with Crippen molar-refractivity contribution in [2.45, 2.75) is 33.7 Å². The van der Waals surface area contributed by atoms with E-state index in [1.54, 1.807) is 0 Å². The molecule has 1 N–H and O–H groups in total. The molecule has 0 saturated heterocycles. The molecule has 1 atom stereocenters. The third-order valence-corrected chi connectivity index (χ3v) is 3.22. The van der Waals surface area contributed by atoms with Crippen molar-refractivity contribution in [3.8, 4) is 0 Å². The fraction of sp³-hybridized carbons (Fsp3) is 0.562. The van der Waals surface area contributed by atoms with E-state index in [4.69, 9.17) is 0 Å². The van der Waals surface area contributed by atoms with Gasteiger partial charge in [-0.05, 0) is 26.6 Å². The summed E-state index contributed by atoms with van der Waals surface area (Å²) >= 11 is 0. The van der Waals surface area contributed by atoms with Gasteiger partial charge >= 0.3 is 0 Å². The number of likely N-dealkylation sites (N-methyl/N-ethyl adjacent to an activating group) is 1. The number of amides is 1. The number of hydrogen-bond donors (Lipinski definition) is 1. The van der Waals surface area contributed by atoms with E-state index in [9.17, 15) is 4.79 Å². The molecule has 1 aromatic rings. The van der Waals surface area contributed by atoms with E-state index in [0.717, 1.165) is 0 Å². The van der Waals surface area contributed by atoms with Gasteiger partial charge in [0.1, 0.15) is 0 Å². The topological polar surface area (TPSA) is 32.3 Å². The van der Waals surface area contributed by atoms with Gasteiger partial charge in [-0.3, -0.25) is 4.79 Å². The summed E-state index contributed by atoms with van der Waals surface area (Å²) in [4.78, 5) is 14.1. The number of carbonyl (C=O) groups is 1. The van der Waals surface area contributed by atoms with Crippen molar-refractivity contribution in [2.24, 2.45) is 5.41 Å². The molecule has 106 valence electrons. The summed E-state index contributed by atoms with van der Waals surface area (Å²) in [5.74, 6) is 0.0893. The number of rotatable bonds is 4. The summed E-state index contributed by atoms with van der Waals surface area (Å²) in [6.07, 6.45) is 0. The molecule has 1 unspecified atom stereocenters. The van der Waals surface area contributed by atoms with Crippen LogP contribution in [0.4, 0.5) is 0 Å². The Hall–Kier alpha value is -1.35. The molecule has 1 aromatic carbocycles. The zero-order valence-electron chi connectivity index (χ0n) is 12.9. The summed E-state index contributed by atoms with van der Waals surface area (Å²) in [5, 5.41) is 3.04. The van der Waals surface area contributed by atoms with Crippen LogP contribution in [-0.2, 0) is 4.79 Å². The molecular formula is C16H26N2O. The van der Waals surface area contributed by atoms with Crippen molar-refractivity contribution in [1.82, 2.24) is 10.2 Å². The molecule has 1 rings (SSSR count). The SMILES string of the molecule is Cc1ccc(C(CNC(=O)C(C)(C)C)N(C)C)cc1. The molecule has 0 fully saturated rings. The highest BCUT2D eigenvalue weighted by atomic mass is 16.2. The van der Waals surface area contributed by atoms with Crippen LogP contribution in [0.15, 0.2) is 24.3 Å². The van der Waals surface area contributed by atoms with Gasteiger partial charge in [-0.2, -0.15) is 0 Å². The first kappa shape index (κ1) is 15.7. The molecule has 19 heavy (non-hydrogen) atoms. The average Bonchev–Trinajstić information content (AvgIpc) is 2.29. The van der Waals surface area contributed by atoms with Gasteiger partial charge in [-0.25, -0.2) is 0 Å². The summed E-state index contributed by atoms with van der Waals surface area (Å²) in [6, 6.07) is 8.67. The van der Waals surface area contributed by atoms with Crippen LogP contribution < -0.4 is 5.32 Å². The monoisotopic (exact) mass is 262 g/mol. The van der Waals surface area contributed by atoms with Gasteiger partial charge in [-0.1, -0.05) is 50.6 Å². The van der Waals surface area contributed by atoms with Gasteiger partial charge in [0, 0.05) is 12.0 Å². The normalized spacial score (nSPS) is 13.4. The average molecular weight is 262 g/mol. The van der Waals surface area contributed by atoms with Crippen LogP contribution in [0.1, 0.15) is 37.9 Å². The first-order valence-corrected chi connectivity index (χ1v) is 6.73. The van der Waals surface area contributed by atoms with Gasteiger partial charge in [-0.15, -0.1) is 0 Å². The molecule has 0 aromatic heterocycles. The Bertz CT molecular complexity index is 415. The van der Waals surface area contributed by atoms with Crippen LogP contribution in [0.5, 0.6) is 0 Å². The van der Waals surface area contributed by atoms with E-state index in [2.05, 4.69) is 41.4 Å². The van der Waals surface area contributed by atoms with E-state index < -0.39 is 0 Å². The van der Waals surface area contributed by atoms with Crippen molar-refractivity contribution in [3.05, 3.63) is 35.4 Å². The van der Waals surface area contributed by atoms with E-state index in [1.165, 1.54) is 11.1 Å². The lowest BCUT2D eigenvalue weighted by atomic mass is 9.95. The zero-order valence-corrected chi connectivity index (χ0v) is 12.9. The second kappa shape index (κ2) is 6.20. The maximum Gasteiger partial charge on any atom is 0.225 e. The molecule has 0 aliphatic carbocycles. The number of carbonyl (C=O) groups excluding carboxylic acids is 1. The Labute approximate surface area is 117 Å². The maximum absolute atomic E-state index is 11.9. The van der Waals surface area contributed by atoms with Crippen LogP contribution in [0.25, 0.3) is 0 Å². The van der Waals surface area contributed by atoms with E-state index >= 15 is 0 Å². The van der Waals surface area contributed by atoms with E-state index in [1.807, 2.05) is 34.9 Å². The van der Waals surface area contributed by atoms with Gasteiger partial charge in [0.05, 0.1) is 6.04 Å². The van der Waals surface area contributed by atoms with Gasteiger partial charge in [0.15, 0.2) is 0 Å². The molecule has 0 heterocycles. The van der Waals surface area contributed by atoms with Crippen molar-refractivity contribution >= 4 is 5.91 Å². The Kier molecular flexibility index (Phi) is 5.12. The highest BCUT2D eigenvalue weighted by Gasteiger charge is 2.23. The van der Waals surface area contributed by atoms with Crippen LogP contribution >= 0.6 is 0 Å². The lowest BCUT2D eigenvalue weighted by Gasteiger charge is -2.27. The lowest BCUT2D eigenvalue weighted by Crippen LogP contribution is -2.40. The molecule has 0 aliphatic heterocycles. The number of benzene rings is 1. The van der Waals surface area contributed by atoms with Crippen LogP contribution in [0.3, 0.4) is 0 Å². The molecule has 0 bridgehead atoms. The Morgan fingerprint density at radius 2 is 1.74 bits per heavy atom. The first-order valence-electron chi connectivity index (χ1n) is 6.73.